The van der Waals surface area contributed by atoms with Gasteiger partial charge in [-0.3, -0.25) is 0 Å². The molecule has 0 bridgehead atoms. The number of benzene rings is 7. The van der Waals surface area contributed by atoms with Crippen molar-refractivity contribution in [3.63, 3.8) is 0 Å². The fourth-order valence-electron chi connectivity index (χ4n) is 11.7. The summed E-state index contributed by atoms with van der Waals surface area (Å²) in [7, 11) is 0. The van der Waals surface area contributed by atoms with Crippen molar-refractivity contribution in [2.75, 3.05) is 4.90 Å². The van der Waals surface area contributed by atoms with E-state index in [0.717, 1.165) is 38.5 Å². The van der Waals surface area contributed by atoms with Crippen molar-refractivity contribution in [3.05, 3.63) is 228 Å². The maximum atomic E-state index is 2.75. The van der Waals surface area contributed by atoms with E-state index < -0.39 is 0 Å². The van der Waals surface area contributed by atoms with Crippen LogP contribution in [0.2, 0.25) is 0 Å². The van der Waals surface area contributed by atoms with Crippen LogP contribution in [0.1, 0.15) is 112 Å². The first-order valence-corrected chi connectivity index (χ1v) is 18.9. The Bertz CT molecular complexity index is 2410. The summed E-state index contributed by atoms with van der Waals surface area (Å²) in [6, 6.07) is 49.5. The maximum absolute atomic E-state index is 2.75. The second-order valence-electron chi connectivity index (χ2n) is 15.8. The summed E-state index contributed by atoms with van der Waals surface area (Å²) < 4.78 is 0. The molecule has 7 aromatic rings. The molecule has 1 heteroatoms. The summed E-state index contributed by atoms with van der Waals surface area (Å²) in [5.41, 5.74) is 31.9. The lowest BCUT2D eigenvalue weighted by Gasteiger charge is -2.48. The van der Waals surface area contributed by atoms with Gasteiger partial charge in [-0.2, -0.15) is 0 Å². The Hall–Kier alpha value is -5.66. The largest absolute Gasteiger partial charge is 0.309 e. The number of rotatable bonds is 0. The van der Waals surface area contributed by atoms with Crippen molar-refractivity contribution in [3.8, 4) is 0 Å². The molecule has 51 heavy (non-hydrogen) atoms. The molecule has 1 nitrogen and oxygen atoms in total. The molecule has 13 rings (SSSR count). The van der Waals surface area contributed by atoms with Crippen molar-refractivity contribution < 1.29 is 0 Å². The summed E-state index contributed by atoms with van der Waals surface area (Å²) in [6.45, 7) is 0. The van der Waals surface area contributed by atoms with Gasteiger partial charge in [-0.1, -0.05) is 121 Å². The smallest absolute Gasteiger partial charge is 0.0539 e. The second-order valence-corrected chi connectivity index (χ2v) is 15.8. The first-order valence-electron chi connectivity index (χ1n) is 18.9. The maximum Gasteiger partial charge on any atom is 0.0539 e. The van der Waals surface area contributed by atoms with Crippen molar-refractivity contribution >= 4 is 17.1 Å². The minimum Gasteiger partial charge on any atom is -0.309 e. The molecule has 0 saturated carbocycles. The number of hydrogen-bond acceptors (Lipinski definition) is 1. The average Bonchev–Trinajstić information content (AvgIpc) is 3.17. The second kappa shape index (κ2) is 9.56. The highest BCUT2D eigenvalue weighted by molar-refractivity contribution is 5.93. The van der Waals surface area contributed by atoms with Crippen LogP contribution in [-0.2, 0) is 38.5 Å². The van der Waals surface area contributed by atoms with Crippen LogP contribution in [0.15, 0.2) is 127 Å². The zero-order valence-corrected chi connectivity index (χ0v) is 28.5. The van der Waals surface area contributed by atoms with Gasteiger partial charge in [0.2, 0.25) is 0 Å². The van der Waals surface area contributed by atoms with Gasteiger partial charge in [-0.15, -0.1) is 0 Å². The number of para-hydroxylation sites is 2. The fraction of sp³-hybridized carbons (Fsp3) is 0.160. The molecule has 6 aliphatic rings. The number of hydrogen-bond donors (Lipinski definition) is 0. The van der Waals surface area contributed by atoms with Gasteiger partial charge in [0.15, 0.2) is 0 Å². The van der Waals surface area contributed by atoms with E-state index in [1.807, 2.05) is 0 Å². The zero-order valence-electron chi connectivity index (χ0n) is 28.5. The van der Waals surface area contributed by atoms with E-state index in [0.29, 0.717) is 0 Å². The van der Waals surface area contributed by atoms with Crippen LogP contribution in [0.25, 0.3) is 0 Å². The standard InChI is InChI=1S/C50H35N/c1-4-19-37-28(10-1)22-31-13-7-15-33-25-39-45-40(26-34-16-8-14-32-23-29-11-2-5-20-38(29)48(45)44(32)34)50-41(46(39)47(37)43(31)33)27-36-18-9-17-35-24-30-12-3-6-21-42(30)51(50)49(35)36/h1-21,47-48H,22-27H2. The van der Waals surface area contributed by atoms with Gasteiger partial charge in [-0.05, 0) is 125 Å². The van der Waals surface area contributed by atoms with Crippen molar-refractivity contribution in [2.24, 2.45) is 0 Å². The van der Waals surface area contributed by atoms with Gasteiger partial charge in [0.05, 0.1) is 11.4 Å². The highest BCUT2D eigenvalue weighted by Crippen LogP contribution is 2.61. The molecule has 2 unspecified atom stereocenters. The van der Waals surface area contributed by atoms with E-state index in [4.69, 9.17) is 0 Å². The lowest BCUT2D eigenvalue weighted by atomic mass is 9.60. The van der Waals surface area contributed by atoms with Gasteiger partial charge in [0, 0.05) is 36.8 Å². The molecule has 0 N–H and O–H groups in total. The predicted molar refractivity (Wildman–Crippen MR) is 206 cm³/mol. The minimum absolute atomic E-state index is 0.240. The normalized spacial score (nSPS) is 18.5. The fourth-order valence-corrected chi connectivity index (χ4v) is 11.7. The summed E-state index contributed by atoms with van der Waals surface area (Å²) >= 11 is 0. The van der Waals surface area contributed by atoms with E-state index in [-0.39, 0.29) is 11.8 Å². The predicted octanol–water partition coefficient (Wildman–Crippen LogP) is 10.9. The molecular weight excluding hydrogens is 615 g/mol. The lowest BCUT2D eigenvalue weighted by Crippen LogP contribution is -2.33. The molecule has 0 saturated heterocycles. The van der Waals surface area contributed by atoms with Crippen molar-refractivity contribution in [2.45, 2.75) is 50.4 Å². The zero-order chi connectivity index (χ0) is 32.9. The van der Waals surface area contributed by atoms with Gasteiger partial charge in [-0.25, -0.2) is 0 Å². The number of fused-ring (bicyclic) bond motifs is 15. The first-order chi connectivity index (χ1) is 25.3. The molecule has 0 aromatic heterocycles. The number of nitrogens with zero attached hydrogens (tertiary/aromatic N) is 1. The van der Waals surface area contributed by atoms with Gasteiger partial charge >= 0.3 is 0 Å². The molecular formula is C50H35N. The molecule has 2 atom stereocenters. The Morgan fingerprint density at radius 1 is 0.314 bits per heavy atom. The van der Waals surface area contributed by atoms with E-state index in [1.54, 1.807) is 38.9 Å². The summed E-state index contributed by atoms with van der Waals surface area (Å²) in [6.07, 6.45) is 6.02. The van der Waals surface area contributed by atoms with E-state index >= 15 is 0 Å². The topological polar surface area (TPSA) is 3.24 Å². The Morgan fingerprint density at radius 3 is 1.33 bits per heavy atom. The van der Waals surface area contributed by atoms with Gasteiger partial charge in [0.1, 0.15) is 0 Å². The van der Waals surface area contributed by atoms with Crippen molar-refractivity contribution in [1.82, 2.24) is 0 Å². The minimum atomic E-state index is 0.240. The third-order valence-corrected chi connectivity index (χ3v) is 13.5. The molecule has 7 aromatic carbocycles. The molecule has 0 radical (unpaired) electrons. The van der Waals surface area contributed by atoms with Crippen LogP contribution in [0.3, 0.4) is 0 Å². The molecule has 2 heterocycles. The molecule has 4 aliphatic carbocycles. The van der Waals surface area contributed by atoms with Crippen LogP contribution < -0.4 is 4.90 Å². The Labute approximate surface area is 298 Å². The van der Waals surface area contributed by atoms with Crippen LogP contribution in [0.5, 0.6) is 0 Å². The van der Waals surface area contributed by atoms with Gasteiger partial charge in [0.25, 0.3) is 0 Å². The average molecular weight is 650 g/mol. The molecule has 0 fully saturated rings. The monoisotopic (exact) mass is 649 g/mol. The molecule has 0 amide bonds. The van der Waals surface area contributed by atoms with Crippen LogP contribution in [-0.4, -0.2) is 0 Å². The highest BCUT2D eigenvalue weighted by atomic mass is 15.2. The lowest BCUT2D eigenvalue weighted by molar-refractivity contribution is 0.760. The summed E-state index contributed by atoms with van der Waals surface area (Å²) in [5, 5.41) is 0. The Kier molecular flexibility index (Phi) is 5.08. The molecule has 240 valence electrons. The van der Waals surface area contributed by atoms with Crippen LogP contribution in [0.4, 0.5) is 17.1 Å². The third-order valence-electron chi connectivity index (χ3n) is 13.5. The van der Waals surface area contributed by atoms with Crippen molar-refractivity contribution in [1.29, 1.82) is 0 Å². The summed E-state index contributed by atoms with van der Waals surface area (Å²) in [4.78, 5) is 2.75. The Morgan fingerprint density at radius 2 is 0.725 bits per heavy atom. The van der Waals surface area contributed by atoms with E-state index in [9.17, 15) is 0 Å². The SMILES string of the molecule is c1ccc2c(c1)Cc1cccc3c1C2c1c2c(c4c(c1C3)N1c3ccccc3Cc3cccc(c31)C4)C1c3ccccc3Cc3cccc(c31)C2. The Balaban J connectivity index is 1.22. The number of anilines is 3. The molecule has 2 aliphatic heterocycles. The quantitative estimate of drug-likeness (QED) is 0.158. The van der Waals surface area contributed by atoms with Crippen LogP contribution >= 0.6 is 0 Å². The third kappa shape index (κ3) is 3.38. The van der Waals surface area contributed by atoms with Gasteiger partial charge < -0.3 is 4.90 Å². The van der Waals surface area contributed by atoms with E-state index in [1.165, 1.54) is 78.3 Å². The van der Waals surface area contributed by atoms with E-state index in [2.05, 4.69) is 132 Å². The van der Waals surface area contributed by atoms with Crippen LogP contribution in [0, 0.1) is 0 Å². The molecule has 0 spiro atoms. The summed E-state index contributed by atoms with van der Waals surface area (Å²) in [5.74, 6) is 0.480. The highest BCUT2D eigenvalue weighted by Gasteiger charge is 2.46. The first kappa shape index (κ1) is 27.1.